The molecule has 0 spiro atoms. The number of carbonyl (C=O) groups excluding carboxylic acids is 1. The van der Waals surface area contributed by atoms with E-state index in [-0.39, 0.29) is 24.7 Å². The summed E-state index contributed by atoms with van der Waals surface area (Å²) >= 11 is 0. The predicted octanol–water partition coefficient (Wildman–Crippen LogP) is 2.64. The van der Waals surface area contributed by atoms with E-state index in [1.54, 1.807) is 50.6 Å². The van der Waals surface area contributed by atoms with Crippen molar-refractivity contribution in [1.29, 1.82) is 0 Å². The Kier molecular flexibility index (Phi) is 8.60. The monoisotopic (exact) mass is 366 g/mol. The van der Waals surface area contributed by atoms with E-state index in [1.807, 2.05) is 6.07 Å². The summed E-state index contributed by atoms with van der Waals surface area (Å²) in [5.74, 6) is 1.84. The number of halogens is 1. The van der Waals surface area contributed by atoms with E-state index in [9.17, 15) is 4.79 Å². The van der Waals surface area contributed by atoms with Crippen molar-refractivity contribution in [3.05, 3.63) is 48.0 Å². The second-order valence-corrected chi connectivity index (χ2v) is 5.08. The van der Waals surface area contributed by atoms with Crippen LogP contribution in [0.3, 0.4) is 0 Å². The van der Waals surface area contributed by atoms with Crippen molar-refractivity contribution in [2.75, 3.05) is 32.7 Å². The minimum Gasteiger partial charge on any atom is -0.493 e. The number of carbonyl (C=O) groups is 1. The molecule has 1 amide bonds. The average Bonchev–Trinajstić information content (AvgIpc) is 2.61. The molecule has 136 valence electrons. The van der Waals surface area contributed by atoms with Gasteiger partial charge in [-0.2, -0.15) is 0 Å². The average molecular weight is 367 g/mol. The van der Waals surface area contributed by atoms with Crippen LogP contribution in [0.1, 0.15) is 5.56 Å². The maximum absolute atomic E-state index is 12.2. The molecule has 0 aliphatic heterocycles. The van der Waals surface area contributed by atoms with Crippen molar-refractivity contribution in [1.82, 2.24) is 0 Å². The van der Waals surface area contributed by atoms with Gasteiger partial charge in [-0.05, 0) is 42.0 Å². The number of rotatable bonds is 8. The van der Waals surface area contributed by atoms with Gasteiger partial charge in [-0.15, -0.1) is 12.4 Å². The Morgan fingerprint density at radius 3 is 2.32 bits per heavy atom. The molecule has 2 rings (SSSR count). The third-order valence-corrected chi connectivity index (χ3v) is 3.34. The Labute approximate surface area is 153 Å². The lowest BCUT2D eigenvalue weighted by Gasteiger charge is -2.10. The van der Waals surface area contributed by atoms with Gasteiger partial charge in [0.2, 0.25) is 5.91 Å². The molecule has 2 aromatic carbocycles. The smallest absolute Gasteiger partial charge is 0.228 e. The quantitative estimate of drug-likeness (QED) is 0.750. The third-order valence-electron chi connectivity index (χ3n) is 3.34. The van der Waals surface area contributed by atoms with Crippen molar-refractivity contribution in [3.63, 3.8) is 0 Å². The van der Waals surface area contributed by atoms with Crippen LogP contribution in [-0.4, -0.2) is 33.3 Å². The second-order valence-electron chi connectivity index (χ2n) is 5.08. The first-order valence-electron chi connectivity index (χ1n) is 7.60. The van der Waals surface area contributed by atoms with E-state index >= 15 is 0 Å². The zero-order chi connectivity index (χ0) is 17.4. The number of methoxy groups -OCH3 is 2. The van der Waals surface area contributed by atoms with Crippen LogP contribution in [-0.2, 0) is 11.2 Å². The fraction of sp³-hybridized carbons (Fsp3) is 0.278. The van der Waals surface area contributed by atoms with Gasteiger partial charge in [0.15, 0.2) is 11.5 Å². The lowest BCUT2D eigenvalue weighted by Crippen LogP contribution is -2.14. The molecular weight excluding hydrogens is 344 g/mol. The van der Waals surface area contributed by atoms with E-state index in [2.05, 4.69) is 5.32 Å². The lowest BCUT2D eigenvalue weighted by molar-refractivity contribution is -0.115. The zero-order valence-corrected chi connectivity index (χ0v) is 15.1. The molecule has 0 radical (unpaired) electrons. The fourth-order valence-corrected chi connectivity index (χ4v) is 2.19. The molecule has 2 aromatic rings. The summed E-state index contributed by atoms with van der Waals surface area (Å²) in [5, 5.41) is 2.85. The standard InChI is InChI=1S/C18H22N2O4.ClH/c1-22-16-8-3-13(11-17(16)23-2)12-18(21)20-14-4-6-15(7-5-14)24-10-9-19;/h3-8,11H,9-10,12,19H2,1-2H3,(H,20,21);1H. The topological polar surface area (TPSA) is 82.8 Å². The van der Waals surface area contributed by atoms with Crippen molar-refractivity contribution >= 4 is 24.0 Å². The van der Waals surface area contributed by atoms with Crippen LogP contribution in [0.2, 0.25) is 0 Å². The number of ether oxygens (including phenoxy) is 3. The Balaban J connectivity index is 0.00000312. The van der Waals surface area contributed by atoms with Crippen LogP contribution in [0.4, 0.5) is 5.69 Å². The van der Waals surface area contributed by atoms with E-state index in [0.29, 0.717) is 30.3 Å². The fourth-order valence-electron chi connectivity index (χ4n) is 2.19. The lowest BCUT2D eigenvalue weighted by atomic mass is 10.1. The van der Waals surface area contributed by atoms with Crippen molar-refractivity contribution in [2.45, 2.75) is 6.42 Å². The number of nitrogens with two attached hydrogens (primary N) is 1. The van der Waals surface area contributed by atoms with Crippen molar-refractivity contribution in [3.8, 4) is 17.2 Å². The predicted molar refractivity (Wildman–Crippen MR) is 100 cm³/mol. The molecular formula is C18H23ClN2O4. The van der Waals surface area contributed by atoms with E-state index < -0.39 is 0 Å². The van der Waals surface area contributed by atoms with Crippen LogP contribution < -0.4 is 25.3 Å². The van der Waals surface area contributed by atoms with Gasteiger partial charge in [0.25, 0.3) is 0 Å². The van der Waals surface area contributed by atoms with Gasteiger partial charge in [0.1, 0.15) is 12.4 Å². The second kappa shape index (κ2) is 10.4. The summed E-state index contributed by atoms with van der Waals surface area (Å²) in [4.78, 5) is 12.2. The van der Waals surface area contributed by atoms with Crippen LogP contribution in [0.15, 0.2) is 42.5 Å². The highest BCUT2D eigenvalue weighted by Crippen LogP contribution is 2.27. The molecule has 0 unspecified atom stereocenters. The first-order valence-corrected chi connectivity index (χ1v) is 7.60. The van der Waals surface area contributed by atoms with Gasteiger partial charge in [-0.1, -0.05) is 6.07 Å². The van der Waals surface area contributed by atoms with Gasteiger partial charge in [-0.3, -0.25) is 4.79 Å². The SMILES string of the molecule is COc1ccc(CC(=O)Nc2ccc(OCCN)cc2)cc1OC.Cl. The van der Waals surface area contributed by atoms with Gasteiger partial charge in [0.05, 0.1) is 20.6 Å². The molecule has 0 aliphatic carbocycles. The Bertz CT molecular complexity index is 677. The van der Waals surface area contributed by atoms with E-state index in [1.165, 1.54) is 0 Å². The summed E-state index contributed by atoms with van der Waals surface area (Å²) in [6.45, 7) is 0.925. The number of nitrogens with one attached hydrogen (secondary N) is 1. The van der Waals surface area contributed by atoms with E-state index in [0.717, 1.165) is 11.3 Å². The maximum atomic E-state index is 12.2. The normalized spacial score (nSPS) is 9.72. The molecule has 0 fully saturated rings. The maximum Gasteiger partial charge on any atom is 0.228 e. The number of hydrogen-bond donors (Lipinski definition) is 2. The van der Waals surface area contributed by atoms with Crippen LogP contribution in [0, 0.1) is 0 Å². The summed E-state index contributed by atoms with van der Waals surface area (Å²) in [7, 11) is 3.14. The summed E-state index contributed by atoms with van der Waals surface area (Å²) in [5.41, 5.74) is 6.94. The number of amides is 1. The number of hydrogen-bond acceptors (Lipinski definition) is 5. The Hall–Kier alpha value is -2.44. The molecule has 0 atom stereocenters. The molecule has 0 heterocycles. The summed E-state index contributed by atoms with van der Waals surface area (Å²) < 4.78 is 15.8. The summed E-state index contributed by atoms with van der Waals surface area (Å²) in [6.07, 6.45) is 0.242. The van der Waals surface area contributed by atoms with Gasteiger partial charge in [0, 0.05) is 12.2 Å². The minimum absolute atomic E-state index is 0. The Morgan fingerprint density at radius 2 is 1.72 bits per heavy atom. The largest absolute Gasteiger partial charge is 0.493 e. The molecule has 0 saturated heterocycles. The molecule has 7 heteroatoms. The molecule has 25 heavy (non-hydrogen) atoms. The van der Waals surface area contributed by atoms with Gasteiger partial charge in [-0.25, -0.2) is 0 Å². The first kappa shape index (κ1) is 20.6. The minimum atomic E-state index is -0.113. The molecule has 6 nitrogen and oxygen atoms in total. The van der Waals surface area contributed by atoms with E-state index in [4.69, 9.17) is 19.9 Å². The molecule has 0 bridgehead atoms. The van der Waals surface area contributed by atoms with Crippen LogP contribution in [0.25, 0.3) is 0 Å². The summed E-state index contributed by atoms with van der Waals surface area (Å²) in [6, 6.07) is 12.6. The third kappa shape index (κ3) is 6.17. The highest BCUT2D eigenvalue weighted by Gasteiger charge is 2.09. The first-order chi connectivity index (χ1) is 11.7. The molecule has 0 aromatic heterocycles. The van der Waals surface area contributed by atoms with Crippen LogP contribution in [0.5, 0.6) is 17.2 Å². The number of benzene rings is 2. The Morgan fingerprint density at radius 1 is 1.04 bits per heavy atom. The van der Waals surface area contributed by atoms with Gasteiger partial charge < -0.3 is 25.3 Å². The van der Waals surface area contributed by atoms with Crippen molar-refractivity contribution < 1.29 is 19.0 Å². The highest BCUT2D eigenvalue weighted by molar-refractivity contribution is 5.92. The van der Waals surface area contributed by atoms with Crippen LogP contribution >= 0.6 is 12.4 Å². The molecule has 0 aliphatic rings. The van der Waals surface area contributed by atoms with Gasteiger partial charge >= 0.3 is 0 Å². The van der Waals surface area contributed by atoms with Crippen molar-refractivity contribution in [2.24, 2.45) is 5.73 Å². The zero-order valence-electron chi connectivity index (χ0n) is 14.3. The molecule has 0 saturated carbocycles. The molecule has 3 N–H and O–H groups in total. The number of anilines is 1. The highest BCUT2D eigenvalue weighted by atomic mass is 35.5.